The van der Waals surface area contributed by atoms with Crippen molar-refractivity contribution in [2.75, 3.05) is 39.8 Å². The first kappa shape index (κ1) is 24.5. The van der Waals surface area contributed by atoms with Crippen LogP contribution in [-0.2, 0) is 4.74 Å². The summed E-state index contributed by atoms with van der Waals surface area (Å²) in [6.45, 7) is 17.0. The average Bonchev–Trinajstić information content (AvgIpc) is 2.55. The van der Waals surface area contributed by atoms with Crippen molar-refractivity contribution in [2.45, 2.75) is 78.4 Å². The van der Waals surface area contributed by atoms with E-state index in [9.17, 15) is 4.79 Å². The molecule has 0 saturated carbocycles. The Morgan fingerprint density at radius 3 is 2.50 bits per heavy atom. The van der Waals surface area contributed by atoms with Gasteiger partial charge in [0.05, 0.1) is 5.54 Å². The number of hydrogen-bond acceptors (Lipinski definition) is 4. The zero-order valence-corrected chi connectivity index (χ0v) is 19.2. The van der Waals surface area contributed by atoms with Gasteiger partial charge in [-0.2, -0.15) is 0 Å². The minimum atomic E-state index is -0.503. The zero-order valence-electron chi connectivity index (χ0n) is 19.2. The fourth-order valence-corrected chi connectivity index (χ4v) is 3.31. The second-order valence-corrected chi connectivity index (χ2v) is 9.62. The number of nitrogens with one attached hydrogen (secondary N) is 3. The Morgan fingerprint density at radius 1 is 1.18 bits per heavy atom. The molecule has 0 aromatic rings. The van der Waals surface area contributed by atoms with Crippen molar-refractivity contribution >= 4 is 12.1 Å². The average molecular weight is 398 g/mol. The van der Waals surface area contributed by atoms with E-state index in [1.54, 1.807) is 7.05 Å². The molecule has 0 bridgehead atoms. The van der Waals surface area contributed by atoms with Gasteiger partial charge in [0.2, 0.25) is 0 Å². The lowest BCUT2D eigenvalue weighted by molar-refractivity contribution is 0.0474. The van der Waals surface area contributed by atoms with Crippen LogP contribution >= 0.6 is 0 Å². The van der Waals surface area contributed by atoms with Crippen LogP contribution in [0.15, 0.2) is 4.99 Å². The lowest BCUT2D eigenvalue weighted by atomic mass is 10.0. The number of likely N-dealkylation sites (tertiary alicyclic amines) is 1. The zero-order chi connectivity index (χ0) is 21.2. The van der Waals surface area contributed by atoms with Crippen LogP contribution in [0.25, 0.3) is 0 Å². The normalized spacial score (nSPS) is 19.2. The summed E-state index contributed by atoms with van der Waals surface area (Å²) in [5.41, 5.74) is -0.956. The predicted octanol–water partition coefficient (Wildman–Crippen LogP) is 2.97. The van der Waals surface area contributed by atoms with Gasteiger partial charge < -0.3 is 25.6 Å². The first-order valence-corrected chi connectivity index (χ1v) is 10.7. The van der Waals surface area contributed by atoms with Crippen LogP contribution in [-0.4, -0.2) is 67.9 Å². The highest BCUT2D eigenvalue weighted by molar-refractivity contribution is 5.79. The summed E-state index contributed by atoms with van der Waals surface area (Å²) in [5, 5.41) is 9.54. The van der Waals surface area contributed by atoms with E-state index in [1.807, 2.05) is 34.6 Å². The van der Waals surface area contributed by atoms with Crippen molar-refractivity contribution in [1.29, 1.82) is 0 Å². The third kappa shape index (κ3) is 11.4. The molecular formula is C21H43N5O2. The summed E-state index contributed by atoms with van der Waals surface area (Å²) in [6.07, 6.45) is 4.62. The molecule has 1 saturated heterocycles. The van der Waals surface area contributed by atoms with Gasteiger partial charge in [-0.3, -0.25) is 4.99 Å². The Bertz CT molecular complexity index is 500. The minimum Gasteiger partial charge on any atom is -0.444 e. The number of guanidine groups is 1. The number of piperidine rings is 1. The van der Waals surface area contributed by atoms with Gasteiger partial charge in [-0.05, 0) is 79.3 Å². The molecule has 7 heteroatoms. The van der Waals surface area contributed by atoms with Gasteiger partial charge in [-0.15, -0.1) is 0 Å². The monoisotopic (exact) mass is 397 g/mol. The lowest BCUT2D eigenvalue weighted by Crippen LogP contribution is -2.54. The fourth-order valence-electron chi connectivity index (χ4n) is 3.31. The van der Waals surface area contributed by atoms with Crippen LogP contribution < -0.4 is 16.0 Å². The maximum absolute atomic E-state index is 12.0. The number of carbonyl (C=O) groups is 1. The van der Waals surface area contributed by atoms with E-state index in [1.165, 1.54) is 38.9 Å². The predicted molar refractivity (Wildman–Crippen MR) is 117 cm³/mol. The number of unbranched alkanes of at least 4 members (excludes halogenated alkanes) is 1. The van der Waals surface area contributed by atoms with Crippen LogP contribution in [0.2, 0.25) is 0 Å². The van der Waals surface area contributed by atoms with Gasteiger partial charge in [0.15, 0.2) is 5.96 Å². The van der Waals surface area contributed by atoms with Crippen molar-refractivity contribution in [2.24, 2.45) is 10.9 Å². The molecule has 1 aliphatic heterocycles. The summed E-state index contributed by atoms with van der Waals surface area (Å²) in [7, 11) is 1.76. The summed E-state index contributed by atoms with van der Waals surface area (Å²) < 4.78 is 5.33. The molecule has 1 rings (SSSR count). The van der Waals surface area contributed by atoms with Crippen LogP contribution in [0.5, 0.6) is 0 Å². The molecule has 0 aromatic carbocycles. The molecule has 1 atom stereocenters. The van der Waals surface area contributed by atoms with Crippen LogP contribution in [0.1, 0.15) is 67.2 Å². The van der Waals surface area contributed by atoms with E-state index < -0.39 is 17.2 Å². The third-order valence-electron chi connectivity index (χ3n) is 4.70. The van der Waals surface area contributed by atoms with E-state index in [0.29, 0.717) is 6.54 Å². The van der Waals surface area contributed by atoms with Crippen molar-refractivity contribution in [3.05, 3.63) is 0 Å². The van der Waals surface area contributed by atoms with Crippen LogP contribution in [0.4, 0.5) is 4.79 Å². The van der Waals surface area contributed by atoms with E-state index >= 15 is 0 Å². The Kier molecular flexibility index (Phi) is 10.1. The molecule has 28 heavy (non-hydrogen) atoms. The molecular weight excluding hydrogens is 354 g/mol. The lowest BCUT2D eigenvalue weighted by Gasteiger charge is -2.30. The number of rotatable bonds is 8. The first-order chi connectivity index (χ1) is 13.0. The smallest absolute Gasteiger partial charge is 0.408 e. The number of aliphatic imine (C=N–C) groups is 1. The van der Waals surface area contributed by atoms with Crippen molar-refractivity contribution < 1.29 is 9.53 Å². The van der Waals surface area contributed by atoms with Gasteiger partial charge in [0.25, 0.3) is 0 Å². The molecule has 0 aromatic heterocycles. The van der Waals surface area contributed by atoms with Crippen molar-refractivity contribution in [1.82, 2.24) is 20.9 Å². The molecule has 1 heterocycles. The van der Waals surface area contributed by atoms with Crippen LogP contribution in [0, 0.1) is 5.92 Å². The molecule has 0 aliphatic carbocycles. The number of nitrogens with zero attached hydrogens (tertiary/aromatic N) is 2. The van der Waals surface area contributed by atoms with E-state index in [0.717, 1.165) is 24.8 Å². The summed E-state index contributed by atoms with van der Waals surface area (Å²) in [6, 6.07) is 0. The van der Waals surface area contributed by atoms with E-state index in [-0.39, 0.29) is 0 Å². The largest absolute Gasteiger partial charge is 0.444 e. The molecule has 164 valence electrons. The number of amides is 1. The maximum atomic E-state index is 12.0. The fraction of sp³-hybridized carbons (Fsp3) is 0.905. The van der Waals surface area contributed by atoms with Gasteiger partial charge in [0.1, 0.15) is 5.60 Å². The number of carbonyl (C=O) groups excluding carboxylic acids is 1. The SMILES string of the molecule is CN=C(NCCCCN1CCCC(C)C1)NCC(C)(C)NC(=O)OC(C)(C)C. The Hall–Kier alpha value is -1.50. The van der Waals surface area contributed by atoms with Gasteiger partial charge in [0, 0.05) is 26.7 Å². The van der Waals surface area contributed by atoms with Gasteiger partial charge in [-0.1, -0.05) is 6.92 Å². The number of hydrogen-bond donors (Lipinski definition) is 3. The summed E-state index contributed by atoms with van der Waals surface area (Å²) >= 11 is 0. The Balaban J connectivity index is 2.22. The number of alkyl carbamates (subject to hydrolysis) is 1. The summed E-state index contributed by atoms with van der Waals surface area (Å²) in [5.74, 6) is 1.60. The van der Waals surface area contributed by atoms with Gasteiger partial charge in [-0.25, -0.2) is 4.79 Å². The first-order valence-electron chi connectivity index (χ1n) is 10.7. The molecule has 0 spiro atoms. The van der Waals surface area contributed by atoms with Crippen LogP contribution in [0.3, 0.4) is 0 Å². The molecule has 1 amide bonds. The molecule has 1 unspecified atom stereocenters. The second-order valence-electron chi connectivity index (χ2n) is 9.62. The third-order valence-corrected chi connectivity index (χ3v) is 4.70. The highest BCUT2D eigenvalue weighted by atomic mass is 16.6. The Labute approximate surface area is 172 Å². The molecule has 1 aliphatic rings. The van der Waals surface area contributed by atoms with Gasteiger partial charge >= 0.3 is 6.09 Å². The number of ether oxygens (including phenoxy) is 1. The van der Waals surface area contributed by atoms with Crippen molar-refractivity contribution in [3.8, 4) is 0 Å². The highest BCUT2D eigenvalue weighted by Gasteiger charge is 2.24. The van der Waals surface area contributed by atoms with E-state index in [4.69, 9.17) is 4.74 Å². The molecule has 7 nitrogen and oxygen atoms in total. The summed E-state index contributed by atoms with van der Waals surface area (Å²) in [4.78, 5) is 18.8. The minimum absolute atomic E-state index is 0.408. The second kappa shape index (κ2) is 11.5. The van der Waals surface area contributed by atoms with Crippen molar-refractivity contribution in [3.63, 3.8) is 0 Å². The maximum Gasteiger partial charge on any atom is 0.408 e. The quantitative estimate of drug-likeness (QED) is 0.333. The topological polar surface area (TPSA) is 78.0 Å². The Morgan fingerprint density at radius 2 is 1.89 bits per heavy atom. The van der Waals surface area contributed by atoms with E-state index in [2.05, 4.69) is 32.8 Å². The molecule has 1 fully saturated rings. The molecule has 3 N–H and O–H groups in total. The standard InChI is InChI=1S/C21H43N5O2/c1-17-11-10-14-26(15-17)13-9-8-12-23-18(22-7)24-16-21(5,6)25-19(27)28-20(2,3)4/h17H,8-16H2,1-7H3,(H,25,27)(H2,22,23,24). The molecule has 0 radical (unpaired) electrons. The highest BCUT2D eigenvalue weighted by Crippen LogP contribution is 2.15.